The van der Waals surface area contributed by atoms with Crippen LogP contribution in [0, 0.1) is 0 Å². The van der Waals surface area contributed by atoms with Gasteiger partial charge in [-0.05, 0) is 38.5 Å². The minimum atomic E-state index is -3.05. The molecule has 0 atom stereocenters. The Morgan fingerprint density at radius 2 is 2.04 bits per heavy atom. The monoisotopic (exact) mass is 339 g/mol. The van der Waals surface area contributed by atoms with Crippen molar-refractivity contribution >= 4 is 26.7 Å². The van der Waals surface area contributed by atoms with Crippen LogP contribution in [0.3, 0.4) is 0 Å². The van der Waals surface area contributed by atoms with Gasteiger partial charge in [0.05, 0.1) is 24.7 Å². The maximum atomic E-state index is 11.8. The van der Waals surface area contributed by atoms with Crippen LogP contribution in [0.2, 0.25) is 0 Å². The number of sulfone groups is 1. The number of hydrogen-bond acceptors (Lipinski definition) is 5. The molecule has 0 saturated carbocycles. The summed E-state index contributed by atoms with van der Waals surface area (Å²) < 4.78 is 33.9. The van der Waals surface area contributed by atoms with Gasteiger partial charge in [0.25, 0.3) is 0 Å². The Kier molecular flexibility index (Phi) is 5.30. The van der Waals surface area contributed by atoms with E-state index in [-0.39, 0.29) is 11.0 Å². The summed E-state index contributed by atoms with van der Waals surface area (Å²) in [7, 11) is -1.73. The number of methoxy groups -OCH3 is 1. The molecule has 1 heterocycles. The van der Waals surface area contributed by atoms with Gasteiger partial charge < -0.3 is 14.5 Å². The van der Waals surface area contributed by atoms with Gasteiger partial charge in [0.15, 0.2) is 9.84 Å². The standard InChI is InChI=1S/C16H21NO5S/c1-11(2)23(19,20)9-5-8-22-15-7-4-6-13-12(15)10-14(17-13)16(18)21-3/h4,6-7,10-11,17H,5,8-9H2,1-3H3. The molecule has 2 rings (SSSR count). The topological polar surface area (TPSA) is 85.5 Å². The molecule has 126 valence electrons. The van der Waals surface area contributed by atoms with Gasteiger partial charge in [0.1, 0.15) is 11.4 Å². The number of benzene rings is 1. The average molecular weight is 339 g/mol. The molecule has 0 aliphatic heterocycles. The number of nitrogens with one attached hydrogen (secondary N) is 1. The molecule has 0 amide bonds. The average Bonchev–Trinajstić information content (AvgIpc) is 2.95. The number of aromatic amines is 1. The molecule has 7 heteroatoms. The van der Waals surface area contributed by atoms with Gasteiger partial charge in [-0.15, -0.1) is 0 Å². The van der Waals surface area contributed by atoms with Crippen LogP contribution >= 0.6 is 0 Å². The van der Waals surface area contributed by atoms with E-state index in [0.717, 1.165) is 10.9 Å². The van der Waals surface area contributed by atoms with Crippen molar-refractivity contribution < 1.29 is 22.7 Å². The second-order valence-corrected chi connectivity index (χ2v) is 8.19. The number of hydrogen-bond donors (Lipinski definition) is 1. The summed E-state index contributed by atoms with van der Waals surface area (Å²) in [5.74, 6) is 0.257. The van der Waals surface area contributed by atoms with Crippen LogP contribution in [0.4, 0.5) is 0 Å². The van der Waals surface area contributed by atoms with Crippen molar-refractivity contribution in [3.8, 4) is 5.75 Å². The van der Waals surface area contributed by atoms with Crippen molar-refractivity contribution in [1.82, 2.24) is 4.98 Å². The van der Waals surface area contributed by atoms with Crippen molar-refractivity contribution in [3.05, 3.63) is 30.0 Å². The second-order valence-electron chi connectivity index (χ2n) is 5.51. The minimum Gasteiger partial charge on any atom is -0.493 e. The van der Waals surface area contributed by atoms with Crippen LogP contribution in [-0.2, 0) is 14.6 Å². The number of carbonyl (C=O) groups is 1. The molecule has 0 saturated heterocycles. The van der Waals surface area contributed by atoms with Crippen molar-refractivity contribution in [1.29, 1.82) is 0 Å². The minimum absolute atomic E-state index is 0.0984. The first-order valence-electron chi connectivity index (χ1n) is 7.39. The molecule has 0 radical (unpaired) electrons. The van der Waals surface area contributed by atoms with E-state index >= 15 is 0 Å². The van der Waals surface area contributed by atoms with Crippen molar-refractivity contribution in [2.75, 3.05) is 19.5 Å². The third-order valence-electron chi connectivity index (χ3n) is 3.58. The number of rotatable bonds is 7. The molecule has 0 aliphatic rings. The lowest BCUT2D eigenvalue weighted by Crippen LogP contribution is -2.19. The van der Waals surface area contributed by atoms with E-state index in [0.29, 0.717) is 24.5 Å². The highest BCUT2D eigenvalue weighted by molar-refractivity contribution is 7.91. The Labute approximate surface area is 135 Å². The van der Waals surface area contributed by atoms with Crippen LogP contribution in [0.5, 0.6) is 5.75 Å². The predicted molar refractivity (Wildman–Crippen MR) is 88.7 cm³/mol. The van der Waals surface area contributed by atoms with Crippen LogP contribution in [0.25, 0.3) is 10.9 Å². The summed E-state index contributed by atoms with van der Waals surface area (Å²) >= 11 is 0. The maximum absolute atomic E-state index is 11.8. The normalized spacial score (nSPS) is 11.8. The highest BCUT2D eigenvalue weighted by Gasteiger charge is 2.16. The predicted octanol–water partition coefficient (Wildman–Crippen LogP) is 2.55. The Morgan fingerprint density at radius 1 is 1.30 bits per heavy atom. The van der Waals surface area contributed by atoms with Gasteiger partial charge in [-0.25, -0.2) is 13.2 Å². The van der Waals surface area contributed by atoms with E-state index < -0.39 is 15.8 Å². The lowest BCUT2D eigenvalue weighted by molar-refractivity contribution is 0.0595. The molecule has 1 aromatic carbocycles. The van der Waals surface area contributed by atoms with Crippen molar-refractivity contribution in [2.24, 2.45) is 0 Å². The fourth-order valence-corrected chi connectivity index (χ4v) is 3.14. The number of esters is 1. The Hall–Kier alpha value is -2.02. The summed E-state index contributed by atoms with van der Waals surface area (Å²) in [4.78, 5) is 14.5. The molecule has 23 heavy (non-hydrogen) atoms. The number of carbonyl (C=O) groups excluding carboxylic acids is 1. The third-order valence-corrected chi connectivity index (χ3v) is 5.87. The van der Waals surface area contributed by atoms with E-state index in [1.165, 1.54) is 7.11 Å². The van der Waals surface area contributed by atoms with Crippen molar-refractivity contribution in [3.63, 3.8) is 0 Å². The molecule has 6 nitrogen and oxygen atoms in total. The zero-order valence-electron chi connectivity index (χ0n) is 13.5. The first-order valence-corrected chi connectivity index (χ1v) is 9.11. The largest absolute Gasteiger partial charge is 0.493 e. The molecule has 0 fully saturated rings. The summed E-state index contributed by atoms with van der Waals surface area (Å²) in [6.45, 7) is 3.64. The van der Waals surface area contributed by atoms with Gasteiger partial charge in [-0.3, -0.25) is 0 Å². The second kappa shape index (κ2) is 7.04. The van der Waals surface area contributed by atoms with Gasteiger partial charge in [0.2, 0.25) is 0 Å². The van der Waals surface area contributed by atoms with Gasteiger partial charge in [-0.1, -0.05) is 6.07 Å². The molecule has 2 aromatic rings. The van der Waals surface area contributed by atoms with E-state index in [2.05, 4.69) is 9.72 Å². The van der Waals surface area contributed by atoms with Crippen molar-refractivity contribution in [2.45, 2.75) is 25.5 Å². The lowest BCUT2D eigenvalue weighted by Gasteiger charge is -2.09. The molecule has 0 unspecified atom stereocenters. The van der Waals surface area contributed by atoms with E-state index in [9.17, 15) is 13.2 Å². The Balaban J connectivity index is 2.06. The zero-order valence-corrected chi connectivity index (χ0v) is 14.3. The number of fused-ring (bicyclic) bond motifs is 1. The fraction of sp³-hybridized carbons (Fsp3) is 0.438. The maximum Gasteiger partial charge on any atom is 0.354 e. The number of aromatic nitrogens is 1. The third kappa shape index (κ3) is 4.04. The fourth-order valence-electron chi connectivity index (χ4n) is 2.15. The zero-order chi connectivity index (χ0) is 17.0. The van der Waals surface area contributed by atoms with E-state index in [1.54, 1.807) is 32.0 Å². The Morgan fingerprint density at radius 3 is 2.70 bits per heavy atom. The van der Waals surface area contributed by atoms with Crippen LogP contribution < -0.4 is 4.74 Å². The highest BCUT2D eigenvalue weighted by Crippen LogP contribution is 2.26. The highest BCUT2D eigenvalue weighted by atomic mass is 32.2. The first kappa shape index (κ1) is 17.3. The summed E-state index contributed by atoms with van der Waals surface area (Å²) in [5.41, 5.74) is 1.11. The SMILES string of the molecule is COC(=O)c1cc2c(OCCCS(=O)(=O)C(C)C)cccc2[nH]1. The van der Waals surface area contributed by atoms with E-state index in [1.807, 2.05) is 6.07 Å². The molecular formula is C16H21NO5S. The molecule has 0 spiro atoms. The molecule has 1 N–H and O–H groups in total. The van der Waals surface area contributed by atoms with Crippen LogP contribution in [0.1, 0.15) is 30.8 Å². The molecule has 0 aliphatic carbocycles. The van der Waals surface area contributed by atoms with E-state index in [4.69, 9.17) is 4.74 Å². The summed E-state index contributed by atoms with van der Waals surface area (Å²) in [5, 5.41) is 0.387. The van der Waals surface area contributed by atoms with Gasteiger partial charge in [0, 0.05) is 10.9 Å². The number of ether oxygens (including phenoxy) is 2. The Bertz CT molecular complexity index is 792. The summed E-state index contributed by atoms with van der Waals surface area (Å²) in [6.07, 6.45) is 0.422. The molecule has 1 aromatic heterocycles. The number of H-pyrrole nitrogens is 1. The van der Waals surface area contributed by atoms with Gasteiger partial charge in [-0.2, -0.15) is 0 Å². The smallest absolute Gasteiger partial charge is 0.354 e. The van der Waals surface area contributed by atoms with Gasteiger partial charge >= 0.3 is 5.97 Å². The first-order chi connectivity index (χ1) is 10.8. The van der Waals surface area contributed by atoms with Crippen LogP contribution in [-0.4, -0.2) is 44.1 Å². The molecular weight excluding hydrogens is 318 g/mol. The van der Waals surface area contributed by atoms with Crippen LogP contribution in [0.15, 0.2) is 24.3 Å². The quantitative estimate of drug-likeness (QED) is 0.619. The lowest BCUT2D eigenvalue weighted by atomic mass is 10.2. The molecule has 0 bridgehead atoms. The summed E-state index contributed by atoms with van der Waals surface area (Å²) in [6, 6.07) is 7.09.